The van der Waals surface area contributed by atoms with Gasteiger partial charge in [0.25, 0.3) is 0 Å². The first-order valence-electron chi connectivity index (χ1n) is 6.41. The van der Waals surface area contributed by atoms with E-state index in [-0.39, 0.29) is 23.8 Å². The second-order valence-corrected chi connectivity index (χ2v) is 4.95. The molecule has 0 atom stereocenters. The van der Waals surface area contributed by atoms with E-state index in [4.69, 9.17) is 4.74 Å². The summed E-state index contributed by atoms with van der Waals surface area (Å²) in [5, 5.41) is 6.99. The zero-order valence-electron chi connectivity index (χ0n) is 11.8. The summed E-state index contributed by atoms with van der Waals surface area (Å²) in [6.07, 6.45) is 0.466. The first-order chi connectivity index (χ1) is 11.2. The number of carbonyl (C=O) groups excluding carboxylic acids is 1. The van der Waals surface area contributed by atoms with Crippen LogP contribution in [-0.2, 0) is 4.79 Å². The summed E-state index contributed by atoms with van der Waals surface area (Å²) in [5.74, 6) is 0.181. The van der Waals surface area contributed by atoms with Gasteiger partial charge in [-0.1, -0.05) is 0 Å². The van der Waals surface area contributed by atoms with Crippen LogP contribution in [0.1, 0.15) is 0 Å². The van der Waals surface area contributed by atoms with Crippen LogP contribution in [0.2, 0.25) is 0 Å². The van der Waals surface area contributed by atoms with Gasteiger partial charge in [0, 0.05) is 10.9 Å². The largest absolute Gasteiger partial charge is 0.496 e. The Kier molecular flexibility index (Phi) is 4.11. The number of aromatic nitrogens is 3. The van der Waals surface area contributed by atoms with Crippen molar-refractivity contribution in [3.05, 3.63) is 36.1 Å². The highest BCUT2D eigenvalue weighted by Crippen LogP contribution is 2.36. The van der Waals surface area contributed by atoms with Gasteiger partial charge in [0.2, 0.25) is 6.41 Å². The number of rotatable bonds is 5. The van der Waals surface area contributed by atoms with Crippen LogP contribution in [0.25, 0.3) is 22.3 Å². The molecule has 0 spiro atoms. The molecule has 2 aromatic heterocycles. The molecule has 0 aliphatic rings. The lowest BCUT2D eigenvalue weighted by Crippen LogP contribution is -1.97. The number of amides is 1. The monoisotopic (exact) mass is 336 g/mol. The van der Waals surface area contributed by atoms with E-state index in [2.05, 4.69) is 15.4 Å². The third-order valence-electron chi connectivity index (χ3n) is 3.19. The minimum atomic E-state index is -0.469. The van der Waals surface area contributed by atoms with Crippen molar-refractivity contribution in [1.29, 1.82) is 0 Å². The number of halogens is 2. The number of anilines is 1. The summed E-state index contributed by atoms with van der Waals surface area (Å²) in [4.78, 5) is 14.6. The maximum absolute atomic E-state index is 13.6. The summed E-state index contributed by atoms with van der Waals surface area (Å²) >= 11 is -0.149. The topological polar surface area (TPSA) is 69.0 Å². The Labute approximate surface area is 133 Å². The molecule has 0 saturated carbocycles. The van der Waals surface area contributed by atoms with Crippen molar-refractivity contribution in [3.8, 4) is 17.0 Å². The minimum Gasteiger partial charge on any atom is -0.496 e. The highest BCUT2D eigenvalue weighted by Gasteiger charge is 2.18. The lowest BCUT2D eigenvalue weighted by atomic mass is 10.1. The number of fused-ring (bicyclic) bond motifs is 1. The summed E-state index contributed by atoms with van der Waals surface area (Å²) in [6, 6.07) is 7.14. The van der Waals surface area contributed by atoms with Crippen LogP contribution < -0.4 is 10.1 Å². The van der Waals surface area contributed by atoms with E-state index in [0.717, 1.165) is 4.09 Å². The molecule has 2 heterocycles. The molecule has 0 fully saturated rings. The fraction of sp³-hybridized carbons (Fsp3) is 0.0714. The molecular formula is C14H10F2N4O2S. The number of ether oxygens (including phenoxy) is 1. The molecule has 1 amide bonds. The Morgan fingerprint density at radius 3 is 2.87 bits per heavy atom. The van der Waals surface area contributed by atoms with Gasteiger partial charge in [-0.05, 0) is 30.3 Å². The van der Waals surface area contributed by atoms with E-state index >= 15 is 0 Å². The summed E-state index contributed by atoms with van der Waals surface area (Å²) in [5.41, 5.74) is 0.903. The van der Waals surface area contributed by atoms with E-state index in [1.54, 1.807) is 12.1 Å². The number of nitrogens with zero attached hydrogens (tertiary/aromatic N) is 3. The van der Waals surface area contributed by atoms with Crippen LogP contribution in [-0.4, -0.2) is 27.7 Å². The summed E-state index contributed by atoms with van der Waals surface area (Å²) < 4.78 is 32.9. The minimum absolute atomic E-state index is 0.149. The van der Waals surface area contributed by atoms with E-state index in [1.807, 2.05) is 0 Å². The standard InChI is InChI=1S/C14H10F2N4O2S/c1-22-11-4-2-8(15)6-10(11)13-9-3-5-12(17-7-21)18-14(9)20(19-13)23-16/h2-7H,1H3,(H,17,18,21). The van der Waals surface area contributed by atoms with Crippen LogP contribution in [0.4, 0.5) is 14.1 Å². The highest BCUT2D eigenvalue weighted by molar-refractivity contribution is 7.92. The van der Waals surface area contributed by atoms with Crippen molar-refractivity contribution in [2.75, 3.05) is 12.4 Å². The van der Waals surface area contributed by atoms with Gasteiger partial charge in [-0.15, -0.1) is 3.89 Å². The van der Waals surface area contributed by atoms with Crippen molar-refractivity contribution in [2.45, 2.75) is 0 Å². The van der Waals surface area contributed by atoms with Gasteiger partial charge >= 0.3 is 0 Å². The molecule has 0 radical (unpaired) electrons. The number of hydrogen-bond acceptors (Lipinski definition) is 5. The normalized spacial score (nSPS) is 10.7. The smallest absolute Gasteiger partial charge is 0.212 e. The summed E-state index contributed by atoms with van der Waals surface area (Å²) in [6.45, 7) is 0. The van der Waals surface area contributed by atoms with Crippen molar-refractivity contribution < 1.29 is 17.8 Å². The molecule has 0 unspecified atom stereocenters. The van der Waals surface area contributed by atoms with Crippen LogP contribution in [0.5, 0.6) is 5.75 Å². The van der Waals surface area contributed by atoms with E-state index < -0.39 is 5.82 Å². The molecular weight excluding hydrogens is 326 g/mol. The maximum atomic E-state index is 13.6. The molecule has 1 N–H and O–H groups in total. The molecule has 3 rings (SSSR count). The predicted octanol–water partition coefficient (Wildman–Crippen LogP) is 3.20. The Morgan fingerprint density at radius 1 is 1.35 bits per heavy atom. The Bertz CT molecular complexity index is 885. The third-order valence-corrected chi connectivity index (χ3v) is 3.58. The second kappa shape index (κ2) is 6.21. The molecule has 0 bridgehead atoms. The Hall–Kier alpha value is -2.68. The third kappa shape index (κ3) is 2.70. The number of carbonyl (C=O) groups is 1. The van der Waals surface area contributed by atoms with Crippen molar-refractivity contribution >= 4 is 35.6 Å². The highest BCUT2D eigenvalue weighted by atomic mass is 32.2. The number of pyridine rings is 1. The van der Waals surface area contributed by atoms with Gasteiger partial charge in [-0.3, -0.25) is 4.79 Å². The van der Waals surface area contributed by atoms with E-state index in [0.29, 0.717) is 28.8 Å². The fourth-order valence-electron chi connectivity index (χ4n) is 2.22. The molecule has 118 valence electrons. The zero-order chi connectivity index (χ0) is 16.4. The molecule has 23 heavy (non-hydrogen) atoms. The van der Waals surface area contributed by atoms with Crippen LogP contribution >= 0.6 is 12.3 Å². The van der Waals surface area contributed by atoms with Crippen LogP contribution in [0.15, 0.2) is 30.3 Å². The first kappa shape index (κ1) is 15.2. The number of methoxy groups -OCH3 is 1. The van der Waals surface area contributed by atoms with Crippen LogP contribution in [0, 0.1) is 5.82 Å². The van der Waals surface area contributed by atoms with Crippen molar-refractivity contribution in [3.63, 3.8) is 0 Å². The molecule has 0 aliphatic carbocycles. The molecule has 0 aliphatic heterocycles. The van der Waals surface area contributed by atoms with E-state index in [9.17, 15) is 13.1 Å². The van der Waals surface area contributed by atoms with Gasteiger partial charge < -0.3 is 10.1 Å². The van der Waals surface area contributed by atoms with Crippen molar-refractivity contribution in [2.24, 2.45) is 0 Å². The van der Waals surface area contributed by atoms with Gasteiger partial charge in [0.15, 0.2) is 18.0 Å². The lowest BCUT2D eigenvalue weighted by molar-refractivity contribution is -0.105. The molecule has 3 aromatic rings. The number of nitrogens with one attached hydrogen (secondary N) is 1. The molecule has 6 nitrogen and oxygen atoms in total. The second-order valence-electron chi connectivity index (χ2n) is 4.47. The molecule has 9 heteroatoms. The lowest BCUT2D eigenvalue weighted by Gasteiger charge is -2.06. The molecule has 0 saturated heterocycles. The van der Waals surface area contributed by atoms with Crippen LogP contribution in [0.3, 0.4) is 0 Å². The zero-order valence-corrected chi connectivity index (χ0v) is 12.6. The van der Waals surface area contributed by atoms with Gasteiger partial charge in [-0.25, -0.2) is 9.37 Å². The number of hydrogen-bond donors (Lipinski definition) is 1. The van der Waals surface area contributed by atoms with E-state index in [1.165, 1.54) is 25.3 Å². The first-order valence-corrected chi connectivity index (χ1v) is 7.08. The average molecular weight is 336 g/mol. The average Bonchev–Trinajstić information content (AvgIpc) is 2.93. The Balaban J connectivity index is 2.26. The van der Waals surface area contributed by atoms with Gasteiger partial charge in [-0.2, -0.15) is 9.19 Å². The maximum Gasteiger partial charge on any atom is 0.212 e. The number of benzene rings is 1. The Morgan fingerprint density at radius 2 is 2.17 bits per heavy atom. The van der Waals surface area contributed by atoms with Gasteiger partial charge in [0.05, 0.1) is 7.11 Å². The van der Waals surface area contributed by atoms with Crippen molar-refractivity contribution in [1.82, 2.24) is 14.2 Å². The molecule has 1 aromatic carbocycles. The quantitative estimate of drug-likeness (QED) is 0.725. The SMILES string of the molecule is COc1ccc(F)cc1-c1nn(SF)c2nc(NC=O)ccc12. The summed E-state index contributed by atoms with van der Waals surface area (Å²) in [7, 11) is 1.45. The fourth-order valence-corrected chi connectivity index (χ4v) is 2.54. The predicted molar refractivity (Wildman–Crippen MR) is 83.3 cm³/mol. The van der Waals surface area contributed by atoms with Gasteiger partial charge in [0.1, 0.15) is 23.1 Å².